The van der Waals surface area contributed by atoms with E-state index >= 15 is 0 Å². The fourth-order valence-corrected chi connectivity index (χ4v) is 5.43. The standard InChI is InChI=1S/C27H31N3O4/c1-4-5-8-13-29-16-24(31)30-22(27(29)32)15-20-18-9-6-7-10-21(18)28-25(20)26(30)19-12-11-17(33-2)14-23(19)34-3/h6-7,9-12,14,22,26,28H,4-5,8,13,15-16H2,1-3H3. The van der Waals surface area contributed by atoms with Gasteiger partial charge in [0.05, 0.1) is 20.8 Å². The van der Waals surface area contributed by atoms with Gasteiger partial charge in [-0.05, 0) is 30.2 Å². The van der Waals surface area contributed by atoms with Gasteiger partial charge in [-0.25, -0.2) is 0 Å². The van der Waals surface area contributed by atoms with Crippen LogP contribution < -0.4 is 9.47 Å². The van der Waals surface area contributed by atoms with Crippen LogP contribution in [0, 0.1) is 0 Å². The largest absolute Gasteiger partial charge is 0.497 e. The van der Waals surface area contributed by atoms with Crippen LogP contribution in [-0.4, -0.2) is 59.9 Å². The van der Waals surface area contributed by atoms with Crippen molar-refractivity contribution in [2.75, 3.05) is 27.3 Å². The van der Waals surface area contributed by atoms with E-state index < -0.39 is 12.1 Å². The third-order valence-corrected chi connectivity index (χ3v) is 7.11. The van der Waals surface area contributed by atoms with Gasteiger partial charge in [0.2, 0.25) is 11.8 Å². The summed E-state index contributed by atoms with van der Waals surface area (Å²) >= 11 is 0. The minimum absolute atomic E-state index is 0.0316. The zero-order valence-electron chi connectivity index (χ0n) is 20.0. The Kier molecular flexibility index (Phi) is 5.94. The van der Waals surface area contributed by atoms with Crippen LogP contribution >= 0.6 is 0 Å². The summed E-state index contributed by atoms with van der Waals surface area (Å²) in [6, 6.07) is 12.8. The topological polar surface area (TPSA) is 74.9 Å². The number of H-pyrrole nitrogens is 1. The van der Waals surface area contributed by atoms with Crippen LogP contribution in [0.2, 0.25) is 0 Å². The Labute approximate surface area is 199 Å². The second-order valence-electron chi connectivity index (χ2n) is 9.06. The number of methoxy groups -OCH3 is 2. The number of nitrogens with zero attached hydrogens (tertiary/aromatic N) is 2. The number of aromatic nitrogens is 1. The molecule has 0 bridgehead atoms. The Morgan fingerprint density at radius 1 is 1.06 bits per heavy atom. The van der Waals surface area contributed by atoms with Gasteiger partial charge in [-0.1, -0.05) is 38.0 Å². The third kappa shape index (κ3) is 3.59. The van der Waals surface area contributed by atoms with E-state index in [-0.39, 0.29) is 18.4 Å². The fourth-order valence-electron chi connectivity index (χ4n) is 5.43. The van der Waals surface area contributed by atoms with E-state index in [0.717, 1.165) is 47.0 Å². The summed E-state index contributed by atoms with van der Waals surface area (Å²) in [5, 5.41) is 1.10. The molecule has 7 nitrogen and oxygen atoms in total. The molecule has 5 rings (SSSR count). The van der Waals surface area contributed by atoms with Crippen molar-refractivity contribution in [3.63, 3.8) is 0 Å². The van der Waals surface area contributed by atoms with Crippen LogP contribution in [-0.2, 0) is 16.0 Å². The van der Waals surface area contributed by atoms with Gasteiger partial charge in [0, 0.05) is 41.2 Å². The number of amides is 2. The molecule has 2 amide bonds. The average molecular weight is 462 g/mol. The highest BCUT2D eigenvalue weighted by Gasteiger charge is 2.48. The molecule has 1 fully saturated rings. The molecule has 2 aromatic carbocycles. The number of aromatic amines is 1. The van der Waals surface area contributed by atoms with Crippen molar-refractivity contribution in [3.05, 3.63) is 59.3 Å². The van der Waals surface area contributed by atoms with E-state index in [4.69, 9.17) is 9.47 Å². The smallest absolute Gasteiger partial charge is 0.246 e. The number of hydrogen-bond acceptors (Lipinski definition) is 4. The van der Waals surface area contributed by atoms with Crippen LogP contribution in [0.1, 0.15) is 49.0 Å². The molecule has 2 atom stereocenters. The molecule has 1 N–H and O–H groups in total. The number of carbonyl (C=O) groups excluding carboxylic acids is 2. The van der Waals surface area contributed by atoms with Gasteiger partial charge >= 0.3 is 0 Å². The van der Waals surface area contributed by atoms with E-state index in [9.17, 15) is 9.59 Å². The number of piperazine rings is 1. The molecule has 3 aromatic rings. The first-order chi connectivity index (χ1) is 16.6. The quantitative estimate of drug-likeness (QED) is 0.539. The molecule has 34 heavy (non-hydrogen) atoms. The molecule has 1 aromatic heterocycles. The van der Waals surface area contributed by atoms with E-state index in [2.05, 4.69) is 18.0 Å². The number of rotatable bonds is 7. The Hall–Kier alpha value is -3.48. The molecule has 0 radical (unpaired) electrons. The first-order valence-corrected chi connectivity index (χ1v) is 12.0. The summed E-state index contributed by atoms with van der Waals surface area (Å²) < 4.78 is 11.1. The van der Waals surface area contributed by atoms with Gasteiger partial charge in [-0.15, -0.1) is 0 Å². The summed E-state index contributed by atoms with van der Waals surface area (Å²) in [4.78, 5) is 34.4. The zero-order valence-corrected chi connectivity index (χ0v) is 20.0. The van der Waals surface area contributed by atoms with E-state index in [1.807, 2.05) is 36.4 Å². The highest BCUT2D eigenvalue weighted by molar-refractivity contribution is 5.97. The van der Waals surface area contributed by atoms with Crippen molar-refractivity contribution >= 4 is 22.7 Å². The number of ether oxygens (including phenoxy) is 2. The molecule has 1 saturated heterocycles. The normalized spacial score (nSPS) is 19.9. The minimum Gasteiger partial charge on any atom is -0.497 e. The summed E-state index contributed by atoms with van der Waals surface area (Å²) in [7, 11) is 3.23. The van der Waals surface area contributed by atoms with E-state index in [1.165, 1.54) is 0 Å². The van der Waals surface area contributed by atoms with Crippen LogP contribution in [0.5, 0.6) is 11.5 Å². The summed E-state index contributed by atoms with van der Waals surface area (Å²) in [6.07, 6.45) is 3.54. The Bertz CT molecular complexity index is 1230. The molecule has 178 valence electrons. The molecule has 7 heteroatoms. The van der Waals surface area contributed by atoms with E-state index in [0.29, 0.717) is 24.5 Å². The number of fused-ring (bicyclic) bond motifs is 4. The summed E-state index contributed by atoms with van der Waals surface area (Å²) in [6.45, 7) is 2.88. The first-order valence-electron chi connectivity index (χ1n) is 12.0. The molecule has 2 aliphatic rings. The predicted molar refractivity (Wildman–Crippen MR) is 130 cm³/mol. The zero-order chi connectivity index (χ0) is 23.8. The molecule has 0 saturated carbocycles. The summed E-state index contributed by atoms with van der Waals surface area (Å²) in [5.41, 5.74) is 3.88. The van der Waals surface area contributed by atoms with Crippen LogP contribution in [0.4, 0.5) is 0 Å². The van der Waals surface area contributed by atoms with Crippen molar-refractivity contribution in [2.24, 2.45) is 0 Å². The number of benzene rings is 2. The Balaban J connectivity index is 1.65. The second-order valence-corrected chi connectivity index (χ2v) is 9.06. The third-order valence-electron chi connectivity index (χ3n) is 7.11. The van der Waals surface area contributed by atoms with Gasteiger partial charge in [-0.3, -0.25) is 9.59 Å². The lowest BCUT2D eigenvalue weighted by molar-refractivity contribution is -0.158. The highest BCUT2D eigenvalue weighted by Crippen LogP contribution is 2.45. The molecule has 0 aliphatic carbocycles. The van der Waals surface area contributed by atoms with Crippen molar-refractivity contribution in [3.8, 4) is 11.5 Å². The Morgan fingerprint density at radius 2 is 1.88 bits per heavy atom. The predicted octanol–water partition coefficient (Wildman–Crippen LogP) is 4.06. The van der Waals surface area contributed by atoms with Gasteiger partial charge in [-0.2, -0.15) is 0 Å². The van der Waals surface area contributed by atoms with Gasteiger partial charge in [0.1, 0.15) is 23.6 Å². The number of nitrogens with one attached hydrogen (secondary N) is 1. The molecule has 3 heterocycles. The first kappa shape index (κ1) is 22.3. The number of hydrogen-bond donors (Lipinski definition) is 1. The minimum atomic E-state index is -0.536. The molecule has 2 unspecified atom stereocenters. The monoisotopic (exact) mass is 461 g/mol. The van der Waals surface area contributed by atoms with Crippen LogP contribution in [0.15, 0.2) is 42.5 Å². The molecular formula is C27H31N3O4. The van der Waals surface area contributed by atoms with Crippen LogP contribution in [0.3, 0.4) is 0 Å². The number of carbonyl (C=O) groups is 2. The lowest BCUT2D eigenvalue weighted by Crippen LogP contribution is -2.63. The maximum absolute atomic E-state index is 13.7. The van der Waals surface area contributed by atoms with E-state index in [1.54, 1.807) is 24.0 Å². The maximum atomic E-state index is 13.7. The number of para-hydroxylation sites is 1. The van der Waals surface area contributed by atoms with Crippen LogP contribution in [0.25, 0.3) is 10.9 Å². The lowest BCUT2D eigenvalue weighted by atomic mass is 9.85. The van der Waals surface area contributed by atoms with Crippen molar-refractivity contribution < 1.29 is 19.1 Å². The number of unbranched alkanes of at least 4 members (excludes halogenated alkanes) is 2. The molecular weight excluding hydrogens is 430 g/mol. The second kappa shape index (κ2) is 9.05. The van der Waals surface area contributed by atoms with Gasteiger partial charge < -0.3 is 24.3 Å². The van der Waals surface area contributed by atoms with Gasteiger partial charge in [0.25, 0.3) is 0 Å². The lowest BCUT2D eigenvalue weighted by Gasteiger charge is -2.47. The maximum Gasteiger partial charge on any atom is 0.246 e. The Morgan fingerprint density at radius 3 is 2.65 bits per heavy atom. The SMILES string of the molecule is CCCCCN1CC(=O)N2C(Cc3c([nH]c4ccccc34)C2c2ccc(OC)cc2OC)C1=O. The molecule has 2 aliphatic heterocycles. The summed E-state index contributed by atoms with van der Waals surface area (Å²) in [5.74, 6) is 1.30. The average Bonchev–Trinajstić information content (AvgIpc) is 3.24. The van der Waals surface area contributed by atoms with Gasteiger partial charge in [0.15, 0.2) is 0 Å². The fraction of sp³-hybridized carbons (Fsp3) is 0.407. The van der Waals surface area contributed by atoms with Crippen molar-refractivity contribution in [1.29, 1.82) is 0 Å². The highest BCUT2D eigenvalue weighted by atomic mass is 16.5. The van der Waals surface area contributed by atoms with Crippen molar-refractivity contribution in [2.45, 2.75) is 44.7 Å². The molecule has 0 spiro atoms. The van der Waals surface area contributed by atoms with Crippen molar-refractivity contribution in [1.82, 2.24) is 14.8 Å².